The molecule has 19 heavy (non-hydrogen) atoms. The molecule has 0 aromatic carbocycles. The standard InChI is InChI=1S/C15H32N4/c1-3-5-6-10-17-15(16-4-2)18-11-9-14-19-12-7-8-13-19/h3-14H2,1-2H3,(H2,16,17,18). The number of guanidine groups is 1. The normalized spacial score (nSPS) is 16.8. The summed E-state index contributed by atoms with van der Waals surface area (Å²) in [7, 11) is 0. The number of nitrogens with zero attached hydrogens (tertiary/aromatic N) is 2. The average molecular weight is 268 g/mol. The molecule has 1 aliphatic rings. The van der Waals surface area contributed by atoms with Crippen LogP contribution in [-0.2, 0) is 0 Å². The van der Waals surface area contributed by atoms with Gasteiger partial charge in [0.25, 0.3) is 0 Å². The van der Waals surface area contributed by atoms with Crippen molar-refractivity contribution in [3.05, 3.63) is 0 Å². The van der Waals surface area contributed by atoms with Gasteiger partial charge >= 0.3 is 0 Å². The first-order chi connectivity index (χ1) is 9.36. The van der Waals surface area contributed by atoms with E-state index in [1.165, 1.54) is 58.2 Å². The third-order valence-electron chi connectivity index (χ3n) is 3.52. The maximum atomic E-state index is 4.64. The molecular weight excluding hydrogens is 236 g/mol. The summed E-state index contributed by atoms with van der Waals surface area (Å²) in [6.45, 7) is 11.0. The van der Waals surface area contributed by atoms with Gasteiger partial charge in [0.2, 0.25) is 0 Å². The summed E-state index contributed by atoms with van der Waals surface area (Å²) < 4.78 is 0. The molecule has 0 aromatic heterocycles. The van der Waals surface area contributed by atoms with Gasteiger partial charge in [-0.1, -0.05) is 19.8 Å². The summed E-state index contributed by atoms with van der Waals surface area (Å²) in [5.74, 6) is 0.986. The Labute approximate surface area is 119 Å². The highest BCUT2D eigenvalue weighted by Gasteiger charge is 2.09. The van der Waals surface area contributed by atoms with Gasteiger partial charge in [0.05, 0.1) is 0 Å². The molecule has 0 amide bonds. The smallest absolute Gasteiger partial charge is 0.191 e. The van der Waals surface area contributed by atoms with Gasteiger partial charge in [-0.15, -0.1) is 0 Å². The highest BCUT2D eigenvalue weighted by atomic mass is 15.2. The van der Waals surface area contributed by atoms with Crippen molar-refractivity contribution in [3.63, 3.8) is 0 Å². The topological polar surface area (TPSA) is 39.7 Å². The lowest BCUT2D eigenvalue weighted by molar-refractivity contribution is 0.336. The van der Waals surface area contributed by atoms with Crippen LogP contribution in [0, 0.1) is 0 Å². The molecule has 2 N–H and O–H groups in total. The SMILES string of the molecule is CCCCCNC(=NCCCN1CCCC1)NCC. The Hall–Kier alpha value is -0.770. The van der Waals surface area contributed by atoms with Crippen molar-refractivity contribution in [3.8, 4) is 0 Å². The Morgan fingerprint density at radius 3 is 2.53 bits per heavy atom. The van der Waals surface area contributed by atoms with E-state index in [0.717, 1.165) is 25.6 Å². The van der Waals surface area contributed by atoms with Crippen molar-refractivity contribution < 1.29 is 0 Å². The molecule has 0 radical (unpaired) electrons. The zero-order chi connectivity index (χ0) is 13.8. The monoisotopic (exact) mass is 268 g/mol. The molecule has 0 spiro atoms. The molecule has 112 valence electrons. The van der Waals surface area contributed by atoms with Crippen LogP contribution in [0.2, 0.25) is 0 Å². The third-order valence-corrected chi connectivity index (χ3v) is 3.52. The summed E-state index contributed by atoms with van der Waals surface area (Å²) in [6, 6.07) is 0. The highest BCUT2D eigenvalue weighted by Crippen LogP contribution is 2.07. The van der Waals surface area contributed by atoms with Gasteiger partial charge in [0, 0.05) is 19.6 Å². The zero-order valence-electron chi connectivity index (χ0n) is 12.9. The van der Waals surface area contributed by atoms with Crippen LogP contribution in [0.1, 0.15) is 52.4 Å². The lowest BCUT2D eigenvalue weighted by Gasteiger charge is -2.14. The second kappa shape index (κ2) is 11.1. The van der Waals surface area contributed by atoms with E-state index in [1.807, 2.05) is 0 Å². The van der Waals surface area contributed by atoms with Crippen LogP contribution in [0.15, 0.2) is 4.99 Å². The number of hydrogen-bond acceptors (Lipinski definition) is 2. The molecule has 1 rings (SSSR count). The van der Waals surface area contributed by atoms with Crippen LogP contribution in [0.5, 0.6) is 0 Å². The minimum atomic E-state index is 0.930. The first-order valence-corrected chi connectivity index (χ1v) is 8.11. The first kappa shape index (κ1) is 16.3. The van der Waals surface area contributed by atoms with E-state index in [0.29, 0.717) is 0 Å². The molecule has 4 nitrogen and oxygen atoms in total. The molecular formula is C15H32N4. The molecule has 1 heterocycles. The van der Waals surface area contributed by atoms with Crippen LogP contribution in [0.25, 0.3) is 0 Å². The maximum absolute atomic E-state index is 4.64. The van der Waals surface area contributed by atoms with Gasteiger partial charge in [-0.25, -0.2) is 0 Å². The summed E-state index contributed by atoms with van der Waals surface area (Å²) in [5, 5.41) is 6.72. The van der Waals surface area contributed by atoms with Gasteiger partial charge in [-0.05, 0) is 52.2 Å². The summed E-state index contributed by atoms with van der Waals surface area (Å²) >= 11 is 0. The van der Waals surface area contributed by atoms with Crippen LogP contribution >= 0.6 is 0 Å². The van der Waals surface area contributed by atoms with Gasteiger partial charge < -0.3 is 15.5 Å². The molecule has 0 atom stereocenters. The first-order valence-electron chi connectivity index (χ1n) is 8.11. The highest BCUT2D eigenvalue weighted by molar-refractivity contribution is 5.79. The fourth-order valence-electron chi connectivity index (χ4n) is 2.41. The van der Waals surface area contributed by atoms with Crippen molar-refractivity contribution in [1.82, 2.24) is 15.5 Å². The van der Waals surface area contributed by atoms with E-state index in [4.69, 9.17) is 0 Å². The fraction of sp³-hybridized carbons (Fsp3) is 0.933. The lowest BCUT2D eigenvalue weighted by Crippen LogP contribution is -2.38. The van der Waals surface area contributed by atoms with Gasteiger partial charge in [-0.2, -0.15) is 0 Å². The van der Waals surface area contributed by atoms with Crippen LogP contribution < -0.4 is 10.6 Å². The van der Waals surface area contributed by atoms with Crippen LogP contribution in [-0.4, -0.2) is 50.1 Å². The molecule has 0 bridgehead atoms. The van der Waals surface area contributed by atoms with Crippen LogP contribution in [0.4, 0.5) is 0 Å². The molecule has 0 aromatic rings. The summed E-state index contributed by atoms with van der Waals surface area (Å²) in [4.78, 5) is 7.19. The number of likely N-dealkylation sites (tertiary alicyclic amines) is 1. The van der Waals surface area contributed by atoms with E-state index in [-0.39, 0.29) is 0 Å². The largest absolute Gasteiger partial charge is 0.357 e. The molecule has 0 aliphatic carbocycles. The number of unbranched alkanes of at least 4 members (excludes halogenated alkanes) is 2. The van der Waals surface area contributed by atoms with Crippen molar-refractivity contribution in [2.75, 3.05) is 39.3 Å². The van der Waals surface area contributed by atoms with E-state index < -0.39 is 0 Å². The van der Waals surface area contributed by atoms with E-state index in [9.17, 15) is 0 Å². The fourth-order valence-corrected chi connectivity index (χ4v) is 2.41. The van der Waals surface area contributed by atoms with Crippen molar-refractivity contribution in [2.45, 2.75) is 52.4 Å². The lowest BCUT2D eigenvalue weighted by atomic mass is 10.2. The third kappa shape index (κ3) is 8.09. The maximum Gasteiger partial charge on any atom is 0.191 e. The van der Waals surface area contributed by atoms with E-state index in [1.54, 1.807) is 0 Å². The van der Waals surface area contributed by atoms with Gasteiger partial charge in [0.15, 0.2) is 5.96 Å². The second-order valence-electron chi connectivity index (χ2n) is 5.30. The average Bonchev–Trinajstić information content (AvgIpc) is 2.92. The molecule has 1 aliphatic heterocycles. The molecule has 0 saturated carbocycles. The number of rotatable bonds is 9. The number of nitrogens with one attached hydrogen (secondary N) is 2. The Bertz CT molecular complexity index is 234. The zero-order valence-corrected chi connectivity index (χ0v) is 12.9. The molecule has 1 fully saturated rings. The molecule has 4 heteroatoms. The van der Waals surface area contributed by atoms with E-state index in [2.05, 4.69) is 34.4 Å². The summed E-state index contributed by atoms with van der Waals surface area (Å²) in [5.41, 5.74) is 0. The van der Waals surface area contributed by atoms with Gasteiger partial charge in [0.1, 0.15) is 0 Å². The minimum absolute atomic E-state index is 0.930. The second-order valence-corrected chi connectivity index (χ2v) is 5.30. The Balaban J connectivity index is 2.11. The Morgan fingerprint density at radius 1 is 1.05 bits per heavy atom. The Morgan fingerprint density at radius 2 is 1.84 bits per heavy atom. The van der Waals surface area contributed by atoms with Gasteiger partial charge in [-0.3, -0.25) is 4.99 Å². The quantitative estimate of drug-likeness (QED) is 0.383. The van der Waals surface area contributed by atoms with Crippen molar-refractivity contribution in [1.29, 1.82) is 0 Å². The molecule has 0 unspecified atom stereocenters. The minimum Gasteiger partial charge on any atom is -0.357 e. The van der Waals surface area contributed by atoms with Crippen molar-refractivity contribution >= 4 is 5.96 Å². The van der Waals surface area contributed by atoms with Crippen LogP contribution in [0.3, 0.4) is 0 Å². The Kier molecular flexibility index (Phi) is 9.51. The number of aliphatic imine (C=N–C) groups is 1. The van der Waals surface area contributed by atoms with Crippen molar-refractivity contribution in [2.24, 2.45) is 4.99 Å². The predicted octanol–water partition coefficient (Wildman–Crippen LogP) is 2.22. The molecule has 1 saturated heterocycles. The predicted molar refractivity (Wildman–Crippen MR) is 83.8 cm³/mol. The summed E-state index contributed by atoms with van der Waals surface area (Å²) in [6.07, 6.45) is 7.72. The number of hydrogen-bond donors (Lipinski definition) is 2. The van der Waals surface area contributed by atoms with E-state index >= 15 is 0 Å².